The highest BCUT2D eigenvalue weighted by Gasteiger charge is 2.36. The molecule has 2 aliphatic rings. The van der Waals surface area contributed by atoms with Gasteiger partial charge in [0.15, 0.2) is 16.7 Å². The van der Waals surface area contributed by atoms with Crippen molar-refractivity contribution in [1.29, 1.82) is 0 Å². The lowest BCUT2D eigenvalue weighted by atomic mass is 9.86. The second-order valence-corrected chi connectivity index (χ2v) is 10.7. The predicted molar refractivity (Wildman–Crippen MR) is 151 cm³/mol. The van der Waals surface area contributed by atoms with Crippen LogP contribution in [0.1, 0.15) is 36.2 Å². The highest BCUT2D eigenvalue weighted by Crippen LogP contribution is 2.35. The van der Waals surface area contributed by atoms with Crippen molar-refractivity contribution in [2.75, 3.05) is 17.9 Å². The summed E-state index contributed by atoms with van der Waals surface area (Å²) in [6, 6.07) is 16.4. The molecule has 202 valence electrons. The van der Waals surface area contributed by atoms with Gasteiger partial charge in [-0.15, -0.1) is 0 Å². The standard InChI is InChI=1S/C30H32N4O4S/c1-20-15-21(2)32-30(31-20)39-18-27(35)34(17-22-9-5-3-6-10-22)28(23-11-7-4-8-12-23)29(36)33-24-13-14-25-26(16-24)38-19-37-25/h3-7,9-10,13-16,23,28H,8,11-12,17-19H2,1-2H3,(H,33,36)/t23-,28+/m0/s1. The van der Waals surface area contributed by atoms with Crippen molar-refractivity contribution < 1.29 is 19.1 Å². The molecule has 8 nitrogen and oxygen atoms in total. The lowest BCUT2D eigenvalue weighted by molar-refractivity contribution is -0.139. The molecule has 2 atom stereocenters. The summed E-state index contributed by atoms with van der Waals surface area (Å²) in [5.41, 5.74) is 3.28. The second kappa shape index (κ2) is 12.3. The van der Waals surface area contributed by atoms with Crippen LogP contribution >= 0.6 is 11.8 Å². The van der Waals surface area contributed by atoms with Crippen molar-refractivity contribution in [2.24, 2.45) is 5.92 Å². The minimum Gasteiger partial charge on any atom is -0.454 e. The van der Waals surface area contributed by atoms with E-state index in [9.17, 15) is 9.59 Å². The van der Waals surface area contributed by atoms with Crippen LogP contribution in [0, 0.1) is 19.8 Å². The summed E-state index contributed by atoms with van der Waals surface area (Å²) in [7, 11) is 0. The lowest BCUT2D eigenvalue weighted by Crippen LogP contribution is -2.51. The van der Waals surface area contributed by atoms with Crippen molar-refractivity contribution in [1.82, 2.24) is 14.9 Å². The molecule has 0 fully saturated rings. The van der Waals surface area contributed by atoms with Gasteiger partial charge in [0.2, 0.25) is 18.6 Å². The van der Waals surface area contributed by atoms with E-state index in [0.29, 0.717) is 28.9 Å². The maximum absolute atomic E-state index is 14.0. The molecule has 0 unspecified atom stereocenters. The number of nitrogens with one attached hydrogen (secondary N) is 1. The number of carbonyl (C=O) groups excluding carboxylic acids is 2. The molecule has 0 spiro atoms. The van der Waals surface area contributed by atoms with Crippen LogP contribution in [0.15, 0.2) is 71.9 Å². The Hall–Kier alpha value is -3.85. The monoisotopic (exact) mass is 544 g/mol. The number of amides is 2. The topological polar surface area (TPSA) is 93.7 Å². The van der Waals surface area contributed by atoms with Crippen LogP contribution in [0.3, 0.4) is 0 Å². The van der Waals surface area contributed by atoms with Crippen LogP contribution in [-0.4, -0.2) is 45.3 Å². The molecule has 9 heteroatoms. The van der Waals surface area contributed by atoms with Gasteiger partial charge in [0.1, 0.15) is 6.04 Å². The molecule has 5 rings (SSSR count). The zero-order valence-corrected chi connectivity index (χ0v) is 22.9. The number of aryl methyl sites for hydroxylation is 2. The zero-order chi connectivity index (χ0) is 27.2. The Morgan fingerprint density at radius 2 is 1.79 bits per heavy atom. The molecule has 3 aromatic rings. The van der Waals surface area contributed by atoms with E-state index in [4.69, 9.17) is 9.47 Å². The van der Waals surface area contributed by atoms with E-state index < -0.39 is 6.04 Å². The van der Waals surface area contributed by atoms with Gasteiger partial charge >= 0.3 is 0 Å². The van der Waals surface area contributed by atoms with Crippen molar-refractivity contribution in [3.63, 3.8) is 0 Å². The third kappa shape index (κ3) is 6.78. The first-order valence-electron chi connectivity index (χ1n) is 13.1. The second-order valence-electron chi connectivity index (χ2n) is 9.78. The molecule has 1 aromatic heterocycles. The maximum Gasteiger partial charge on any atom is 0.247 e. The minimum absolute atomic E-state index is 0.0147. The van der Waals surface area contributed by atoms with E-state index in [0.717, 1.165) is 36.2 Å². The van der Waals surface area contributed by atoms with Gasteiger partial charge in [0.25, 0.3) is 0 Å². The molecule has 2 heterocycles. The molecule has 1 N–H and O–H groups in total. The minimum atomic E-state index is -0.658. The molecule has 2 amide bonds. The van der Waals surface area contributed by atoms with Gasteiger partial charge in [0, 0.05) is 29.7 Å². The number of fused-ring (bicyclic) bond motifs is 1. The number of aromatic nitrogens is 2. The molecular formula is C30H32N4O4S. The van der Waals surface area contributed by atoms with E-state index in [1.807, 2.05) is 50.2 Å². The van der Waals surface area contributed by atoms with Crippen LogP contribution in [-0.2, 0) is 16.1 Å². The van der Waals surface area contributed by atoms with Crippen LogP contribution in [0.4, 0.5) is 5.69 Å². The fraction of sp³-hybridized carbons (Fsp3) is 0.333. The molecule has 0 saturated heterocycles. The quantitative estimate of drug-likeness (QED) is 0.222. The lowest BCUT2D eigenvalue weighted by Gasteiger charge is -2.37. The summed E-state index contributed by atoms with van der Waals surface area (Å²) < 4.78 is 10.9. The summed E-state index contributed by atoms with van der Waals surface area (Å²) in [6.07, 6.45) is 6.67. The fourth-order valence-electron chi connectivity index (χ4n) is 4.99. The number of thioether (sulfide) groups is 1. The van der Waals surface area contributed by atoms with Crippen molar-refractivity contribution in [2.45, 2.75) is 50.9 Å². The van der Waals surface area contributed by atoms with Gasteiger partial charge in [-0.3, -0.25) is 9.59 Å². The van der Waals surface area contributed by atoms with Crippen LogP contribution in [0.2, 0.25) is 0 Å². The van der Waals surface area contributed by atoms with E-state index in [1.54, 1.807) is 23.1 Å². The highest BCUT2D eigenvalue weighted by molar-refractivity contribution is 7.99. The zero-order valence-electron chi connectivity index (χ0n) is 22.1. The average Bonchev–Trinajstić information content (AvgIpc) is 3.40. The number of benzene rings is 2. The van der Waals surface area contributed by atoms with Crippen LogP contribution < -0.4 is 14.8 Å². The summed E-state index contributed by atoms with van der Waals surface area (Å²) in [4.78, 5) is 38.6. The summed E-state index contributed by atoms with van der Waals surface area (Å²) in [5.74, 6) is 1.00. The van der Waals surface area contributed by atoms with Gasteiger partial charge < -0.3 is 19.7 Å². The van der Waals surface area contributed by atoms with Gasteiger partial charge in [-0.05, 0) is 62.8 Å². The Labute approximate surface area is 232 Å². The molecule has 39 heavy (non-hydrogen) atoms. The van der Waals surface area contributed by atoms with Crippen LogP contribution in [0.25, 0.3) is 0 Å². The third-order valence-corrected chi connectivity index (χ3v) is 7.64. The number of carbonyl (C=O) groups is 2. The molecule has 0 bridgehead atoms. The van der Waals surface area contributed by atoms with Crippen molar-refractivity contribution in [3.05, 3.63) is 83.7 Å². The first-order valence-corrected chi connectivity index (χ1v) is 14.1. The van der Waals surface area contributed by atoms with Gasteiger partial charge in [-0.1, -0.05) is 54.2 Å². The number of hydrogen-bond acceptors (Lipinski definition) is 7. The third-order valence-electron chi connectivity index (χ3n) is 6.80. The first-order chi connectivity index (χ1) is 19.0. The SMILES string of the molecule is Cc1cc(C)nc(SCC(=O)N(Cc2ccccc2)[C@@H](C(=O)Nc2ccc3c(c2)OCO3)[C@H]2CC=CCC2)n1. The molecular weight excluding hydrogens is 512 g/mol. The summed E-state index contributed by atoms with van der Waals surface area (Å²) in [6.45, 7) is 4.31. The Balaban J connectivity index is 1.43. The van der Waals surface area contributed by atoms with Gasteiger partial charge in [-0.25, -0.2) is 9.97 Å². The number of hydrogen-bond donors (Lipinski definition) is 1. The molecule has 0 radical (unpaired) electrons. The Morgan fingerprint density at radius 1 is 1.03 bits per heavy atom. The normalized spacial score (nSPS) is 16.5. The fourth-order valence-corrected chi connectivity index (χ4v) is 5.83. The molecule has 1 aliphatic carbocycles. The van der Waals surface area contributed by atoms with Crippen molar-refractivity contribution in [3.8, 4) is 11.5 Å². The summed E-state index contributed by atoms with van der Waals surface area (Å²) >= 11 is 1.30. The van der Waals surface area contributed by atoms with Crippen LogP contribution in [0.5, 0.6) is 11.5 Å². The number of nitrogens with zero attached hydrogens (tertiary/aromatic N) is 3. The highest BCUT2D eigenvalue weighted by atomic mass is 32.2. The van der Waals surface area contributed by atoms with E-state index in [-0.39, 0.29) is 30.3 Å². The predicted octanol–water partition coefficient (Wildman–Crippen LogP) is 5.31. The number of allylic oxidation sites excluding steroid dienone is 2. The number of ether oxygens (including phenoxy) is 2. The average molecular weight is 545 g/mol. The summed E-state index contributed by atoms with van der Waals surface area (Å²) in [5, 5.41) is 3.61. The smallest absolute Gasteiger partial charge is 0.247 e. The number of anilines is 1. The molecule has 1 aliphatic heterocycles. The first kappa shape index (κ1) is 26.7. The van der Waals surface area contributed by atoms with Gasteiger partial charge in [0.05, 0.1) is 5.75 Å². The molecule has 0 saturated carbocycles. The maximum atomic E-state index is 14.0. The van der Waals surface area contributed by atoms with Gasteiger partial charge in [-0.2, -0.15) is 0 Å². The van der Waals surface area contributed by atoms with Crippen molar-refractivity contribution >= 4 is 29.3 Å². The van der Waals surface area contributed by atoms with E-state index in [1.165, 1.54) is 11.8 Å². The Morgan fingerprint density at radius 3 is 2.54 bits per heavy atom. The Bertz CT molecular complexity index is 1340. The molecule has 2 aromatic carbocycles. The number of rotatable bonds is 9. The van der Waals surface area contributed by atoms with E-state index in [2.05, 4.69) is 27.4 Å². The van der Waals surface area contributed by atoms with E-state index >= 15 is 0 Å². The largest absolute Gasteiger partial charge is 0.454 e. The Kier molecular flexibility index (Phi) is 8.46.